The van der Waals surface area contributed by atoms with Crippen LogP contribution in [0.25, 0.3) is 0 Å². The number of alkyl halides is 5. The van der Waals surface area contributed by atoms with Gasteiger partial charge in [0.1, 0.15) is 10.7 Å². The molecule has 1 rings (SSSR count). The van der Waals surface area contributed by atoms with Gasteiger partial charge in [0.2, 0.25) is 0 Å². The molecule has 0 aliphatic carbocycles. The van der Waals surface area contributed by atoms with Crippen LogP contribution in [0.2, 0.25) is 5.15 Å². The van der Waals surface area contributed by atoms with Crippen molar-refractivity contribution in [2.75, 3.05) is 0 Å². The van der Waals surface area contributed by atoms with E-state index in [1.807, 2.05) is 0 Å². The summed E-state index contributed by atoms with van der Waals surface area (Å²) >= 11 is 5.13. The molecule has 0 fully saturated rings. The summed E-state index contributed by atoms with van der Waals surface area (Å²) < 4.78 is 61.9. The summed E-state index contributed by atoms with van der Waals surface area (Å²) in [4.78, 5) is 11.7. The third-order valence-electron chi connectivity index (χ3n) is 1.75. The van der Waals surface area contributed by atoms with Gasteiger partial charge >= 0.3 is 6.18 Å². The lowest BCUT2D eigenvalue weighted by atomic mass is 10.1. The number of pyridine rings is 1. The molecule has 0 bridgehead atoms. The maximum absolute atomic E-state index is 12.4. The quantitative estimate of drug-likeness (QED) is 0.359. The summed E-state index contributed by atoms with van der Waals surface area (Å²) in [6, 6.07) is 0. The van der Waals surface area contributed by atoms with Crippen LogP contribution in [0.1, 0.15) is 17.6 Å². The lowest BCUT2D eigenvalue weighted by Gasteiger charge is -2.10. The van der Waals surface area contributed by atoms with Gasteiger partial charge in [-0.2, -0.15) is 13.2 Å². The molecule has 94 valence electrons. The first-order valence-corrected chi connectivity index (χ1v) is 4.22. The van der Waals surface area contributed by atoms with E-state index in [4.69, 9.17) is 11.6 Å². The van der Waals surface area contributed by atoms with E-state index in [-0.39, 0.29) is 6.20 Å². The summed E-state index contributed by atoms with van der Waals surface area (Å²) in [5.74, 6) is 0. The summed E-state index contributed by atoms with van der Waals surface area (Å²) in [6.07, 6.45) is -8.65. The number of hydrogen-bond acceptors (Lipinski definition) is 3. The molecule has 0 atom stereocenters. The van der Waals surface area contributed by atoms with Crippen LogP contribution < -0.4 is 0 Å². The minimum Gasteiger partial charge on any atom is -0.258 e. The maximum atomic E-state index is 12.4. The second-order valence-electron chi connectivity index (χ2n) is 2.78. The lowest BCUT2D eigenvalue weighted by molar-refractivity contribution is -0.389. The number of rotatable bonds is 2. The monoisotopic (exact) mass is 276 g/mol. The van der Waals surface area contributed by atoms with E-state index in [1.54, 1.807) is 0 Å². The van der Waals surface area contributed by atoms with Crippen LogP contribution >= 0.6 is 11.6 Å². The number of halogens is 6. The fourth-order valence-electron chi connectivity index (χ4n) is 1.09. The molecule has 0 amide bonds. The lowest BCUT2D eigenvalue weighted by Crippen LogP contribution is -2.12. The zero-order valence-electron chi connectivity index (χ0n) is 7.63. The summed E-state index contributed by atoms with van der Waals surface area (Å²) in [7, 11) is 0. The molecule has 0 saturated carbocycles. The van der Waals surface area contributed by atoms with E-state index >= 15 is 0 Å². The Morgan fingerprint density at radius 1 is 1.41 bits per heavy atom. The van der Waals surface area contributed by atoms with Crippen molar-refractivity contribution in [2.24, 2.45) is 0 Å². The number of nitrogens with zero attached hydrogens (tertiary/aromatic N) is 2. The van der Waals surface area contributed by atoms with Gasteiger partial charge in [0.25, 0.3) is 12.1 Å². The second kappa shape index (κ2) is 4.40. The Kier molecular flexibility index (Phi) is 3.51. The molecule has 0 unspecified atom stereocenters. The molecule has 0 aliphatic rings. The number of aromatic nitrogens is 1. The van der Waals surface area contributed by atoms with Crippen molar-refractivity contribution in [3.8, 4) is 0 Å². The predicted molar refractivity (Wildman–Crippen MR) is 45.9 cm³/mol. The number of hydrogen-bond donors (Lipinski definition) is 0. The van der Waals surface area contributed by atoms with Gasteiger partial charge in [-0.15, -0.1) is 0 Å². The maximum Gasteiger partial charge on any atom is 0.424 e. The van der Waals surface area contributed by atoms with Gasteiger partial charge in [-0.1, -0.05) is 11.6 Å². The van der Waals surface area contributed by atoms with Gasteiger partial charge in [-0.3, -0.25) is 10.1 Å². The first-order valence-electron chi connectivity index (χ1n) is 3.84. The number of nitro groups is 1. The van der Waals surface area contributed by atoms with Crippen LogP contribution in [0, 0.1) is 10.1 Å². The highest BCUT2D eigenvalue weighted by Crippen LogP contribution is 2.42. The Morgan fingerprint density at radius 2 is 1.94 bits per heavy atom. The molecular weight excluding hydrogens is 275 g/mol. The van der Waals surface area contributed by atoms with Crippen molar-refractivity contribution in [3.05, 3.63) is 32.6 Å². The molecule has 1 heterocycles. The van der Waals surface area contributed by atoms with Gasteiger partial charge in [0.15, 0.2) is 5.56 Å². The topological polar surface area (TPSA) is 56.0 Å². The molecule has 0 N–H and O–H groups in total. The van der Waals surface area contributed by atoms with E-state index in [1.165, 1.54) is 0 Å². The summed E-state index contributed by atoms with van der Waals surface area (Å²) in [5.41, 5.74) is -5.17. The zero-order chi connectivity index (χ0) is 13.4. The van der Waals surface area contributed by atoms with Gasteiger partial charge in [0, 0.05) is 6.20 Å². The average molecular weight is 277 g/mol. The van der Waals surface area contributed by atoms with Crippen molar-refractivity contribution in [3.63, 3.8) is 0 Å². The fourth-order valence-corrected chi connectivity index (χ4v) is 1.31. The molecule has 0 aliphatic heterocycles. The fraction of sp³-hybridized carbons (Fsp3) is 0.286. The highest BCUT2D eigenvalue weighted by molar-refractivity contribution is 6.30. The Hall–Kier alpha value is -1.51. The van der Waals surface area contributed by atoms with Crippen LogP contribution in [0.3, 0.4) is 0 Å². The van der Waals surface area contributed by atoms with Gasteiger partial charge in [-0.05, 0) is 0 Å². The first-order chi connectivity index (χ1) is 7.66. The van der Waals surface area contributed by atoms with Crippen LogP contribution in [0.15, 0.2) is 6.20 Å². The Morgan fingerprint density at radius 3 is 2.29 bits per heavy atom. The van der Waals surface area contributed by atoms with Gasteiger partial charge < -0.3 is 0 Å². The Labute approximate surface area is 95.2 Å². The molecule has 10 heteroatoms. The van der Waals surface area contributed by atoms with Gasteiger partial charge in [-0.25, -0.2) is 13.8 Å². The van der Waals surface area contributed by atoms with E-state index in [0.717, 1.165) is 0 Å². The van der Waals surface area contributed by atoms with Crippen molar-refractivity contribution in [1.82, 2.24) is 4.98 Å². The highest BCUT2D eigenvalue weighted by atomic mass is 35.5. The van der Waals surface area contributed by atoms with Crippen molar-refractivity contribution in [1.29, 1.82) is 0 Å². The molecular formula is C7H2ClF5N2O2. The van der Waals surface area contributed by atoms with Crippen LogP contribution in [0.5, 0.6) is 0 Å². The largest absolute Gasteiger partial charge is 0.424 e. The van der Waals surface area contributed by atoms with E-state index in [2.05, 4.69) is 4.98 Å². The van der Waals surface area contributed by atoms with E-state index in [0.29, 0.717) is 0 Å². The van der Waals surface area contributed by atoms with Crippen molar-refractivity contribution in [2.45, 2.75) is 12.6 Å². The molecule has 17 heavy (non-hydrogen) atoms. The van der Waals surface area contributed by atoms with E-state index in [9.17, 15) is 32.1 Å². The molecule has 4 nitrogen and oxygen atoms in total. The molecule has 0 saturated heterocycles. The summed E-state index contributed by atoms with van der Waals surface area (Å²) in [6.45, 7) is 0. The molecule has 1 aromatic heterocycles. The molecule has 0 radical (unpaired) electrons. The van der Waals surface area contributed by atoms with Crippen molar-refractivity contribution < 1.29 is 26.9 Å². The third-order valence-corrected chi connectivity index (χ3v) is 2.05. The molecule has 1 aromatic rings. The highest BCUT2D eigenvalue weighted by Gasteiger charge is 2.43. The Bertz CT molecular complexity index is 462. The zero-order valence-corrected chi connectivity index (χ0v) is 8.39. The van der Waals surface area contributed by atoms with Crippen molar-refractivity contribution >= 4 is 17.3 Å². The van der Waals surface area contributed by atoms with Crippen LogP contribution in [-0.2, 0) is 6.18 Å². The molecule has 0 spiro atoms. The second-order valence-corrected chi connectivity index (χ2v) is 3.14. The van der Waals surface area contributed by atoms with Gasteiger partial charge in [0.05, 0.1) is 4.92 Å². The Balaban J connectivity index is 3.66. The SMILES string of the molecule is O=[N+]([O-])c1c(C(F)(F)F)cnc(Cl)c1C(F)F. The molecule has 0 aromatic carbocycles. The van der Waals surface area contributed by atoms with E-state index < -0.39 is 39.5 Å². The predicted octanol–water partition coefficient (Wildman–Crippen LogP) is 3.60. The van der Waals surface area contributed by atoms with Crippen LogP contribution in [0.4, 0.5) is 27.6 Å². The van der Waals surface area contributed by atoms with Crippen LogP contribution in [-0.4, -0.2) is 9.91 Å². The minimum absolute atomic E-state index is 0.0480. The smallest absolute Gasteiger partial charge is 0.258 e. The average Bonchev–Trinajstić information content (AvgIpc) is 2.14. The minimum atomic E-state index is -5.16. The standard InChI is InChI=1S/C7H2ClF5N2O2/c8-5-3(6(9)10)4(15(16)17)2(1-14-5)7(11,12)13/h1,6H. The normalized spacial score (nSPS) is 11.9. The summed E-state index contributed by atoms with van der Waals surface area (Å²) in [5, 5.41) is 9.40. The first kappa shape index (κ1) is 13.6. The third kappa shape index (κ3) is 2.60.